The number of fused-ring (bicyclic) bond motifs is 1. The molecule has 0 amide bonds. The van der Waals surface area contributed by atoms with E-state index in [4.69, 9.17) is 4.74 Å². The standard InChI is InChI=1S/C25H21N5OS/c1-2-4-24-20(3-1)9-10-21(26-24)16-31-22-11-13-23(14-12-22)32-17-19-7-5-18(6-8-19)15-25-27-29-30-28-25/h1-14H,15-17H2,(H,27,28,29,30). The second-order valence-corrected chi connectivity index (χ2v) is 8.41. The highest BCUT2D eigenvalue weighted by molar-refractivity contribution is 7.98. The molecule has 2 heterocycles. The molecule has 1 N–H and O–H groups in total. The number of ether oxygens (including phenoxy) is 1. The van der Waals surface area contributed by atoms with Crippen molar-refractivity contribution in [3.05, 3.63) is 108 Å². The summed E-state index contributed by atoms with van der Waals surface area (Å²) in [4.78, 5) is 5.86. The summed E-state index contributed by atoms with van der Waals surface area (Å²) in [5.74, 6) is 2.45. The zero-order chi connectivity index (χ0) is 21.6. The lowest BCUT2D eigenvalue weighted by atomic mass is 10.1. The summed E-state index contributed by atoms with van der Waals surface area (Å²) in [7, 11) is 0. The van der Waals surface area contributed by atoms with Crippen molar-refractivity contribution < 1.29 is 4.74 Å². The lowest BCUT2D eigenvalue weighted by Crippen LogP contribution is -1.98. The molecule has 0 radical (unpaired) electrons. The van der Waals surface area contributed by atoms with Crippen LogP contribution in [0.5, 0.6) is 5.75 Å². The fourth-order valence-electron chi connectivity index (χ4n) is 3.34. The fraction of sp³-hybridized carbons (Fsp3) is 0.120. The molecule has 0 aliphatic carbocycles. The van der Waals surface area contributed by atoms with Crippen LogP contribution >= 0.6 is 11.8 Å². The van der Waals surface area contributed by atoms with Crippen molar-refractivity contribution in [2.24, 2.45) is 0 Å². The lowest BCUT2D eigenvalue weighted by molar-refractivity contribution is 0.301. The molecule has 0 saturated heterocycles. The Balaban J connectivity index is 1.12. The first-order chi connectivity index (χ1) is 15.8. The van der Waals surface area contributed by atoms with Crippen LogP contribution in [-0.4, -0.2) is 25.6 Å². The number of hydrogen-bond acceptors (Lipinski definition) is 6. The number of nitrogens with zero attached hydrogens (tertiary/aromatic N) is 4. The minimum absolute atomic E-state index is 0.452. The summed E-state index contributed by atoms with van der Waals surface area (Å²) in [6.45, 7) is 0.452. The molecule has 0 aliphatic heterocycles. The SMILES string of the molecule is c1ccc2nc(COc3ccc(SCc4ccc(Cc5nn[nH]n5)cc4)cc3)ccc2c1. The first-order valence-corrected chi connectivity index (χ1v) is 11.3. The van der Waals surface area contributed by atoms with Gasteiger partial charge in [-0.15, -0.1) is 22.0 Å². The predicted octanol–water partition coefficient (Wildman–Crippen LogP) is 5.21. The van der Waals surface area contributed by atoms with Gasteiger partial charge in [0.25, 0.3) is 0 Å². The third-order valence-corrected chi connectivity index (χ3v) is 6.13. The second kappa shape index (κ2) is 9.62. The normalized spacial score (nSPS) is 11.0. The minimum atomic E-state index is 0.452. The van der Waals surface area contributed by atoms with Crippen molar-refractivity contribution >= 4 is 22.7 Å². The molecule has 0 saturated carbocycles. The number of tetrazole rings is 1. The van der Waals surface area contributed by atoms with E-state index in [1.807, 2.05) is 36.4 Å². The molecule has 7 heteroatoms. The van der Waals surface area contributed by atoms with E-state index in [0.29, 0.717) is 18.9 Å². The van der Waals surface area contributed by atoms with E-state index in [0.717, 1.165) is 28.1 Å². The summed E-state index contributed by atoms with van der Waals surface area (Å²) in [6.07, 6.45) is 0.681. The molecular formula is C25H21N5OS. The Kier molecular flexibility index (Phi) is 6.07. The number of aromatic amines is 1. The number of nitrogens with one attached hydrogen (secondary N) is 1. The van der Waals surface area contributed by atoms with Gasteiger partial charge in [0.05, 0.1) is 11.2 Å². The van der Waals surface area contributed by atoms with Gasteiger partial charge in [0.15, 0.2) is 5.82 Å². The maximum absolute atomic E-state index is 5.93. The van der Waals surface area contributed by atoms with Gasteiger partial charge in [0.2, 0.25) is 0 Å². The highest BCUT2D eigenvalue weighted by Crippen LogP contribution is 2.25. The Bertz CT molecular complexity index is 1290. The maximum Gasteiger partial charge on any atom is 0.178 e. The molecule has 5 aromatic rings. The summed E-state index contributed by atoms with van der Waals surface area (Å²) in [5.41, 5.74) is 4.35. The molecule has 0 bridgehead atoms. The number of thioether (sulfide) groups is 1. The zero-order valence-electron chi connectivity index (χ0n) is 17.3. The van der Waals surface area contributed by atoms with Gasteiger partial charge in [0.1, 0.15) is 12.4 Å². The Labute approximate surface area is 190 Å². The van der Waals surface area contributed by atoms with Gasteiger partial charge in [0, 0.05) is 22.5 Å². The van der Waals surface area contributed by atoms with Crippen molar-refractivity contribution in [3.63, 3.8) is 0 Å². The summed E-state index contributed by atoms with van der Waals surface area (Å²) in [6, 6.07) is 28.9. The lowest BCUT2D eigenvalue weighted by Gasteiger charge is -2.08. The van der Waals surface area contributed by atoms with Crippen LogP contribution in [0.4, 0.5) is 0 Å². The van der Waals surface area contributed by atoms with E-state index < -0.39 is 0 Å². The van der Waals surface area contributed by atoms with Gasteiger partial charge >= 0.3 is 0 Å². The largest absolute Gasteiger partial charge is 0.487 e. The Morgan fingerprint density at radius 2 is 1.62 bits per heavy atom. The predicted molar refractivity (Wildman–Crippen MR) is 126 cm³/mol. The number of pyridine rings is 1. The fourth-order valence-corrected chi connectivity index (χ4v) is 4.19. The van der Waals surface area contributed by atoms with Crippen LogP contribution in [0.3, 0.4) is 0 Å². The number of para-hydroxylation sites is 1. The molecule has 0 unspecified atom stereocenters. The zero-order valence-corrected chi connectivity index (χ0v) is 18.1. The van der Waals surface area contributed by atoms with Gasteiger partial charge in [-0.1, -0.05) is 53.7 Å². The van der Waals surface area contributed by atoms with Crippen LogP contribution in [0.2, 0.25) is 0 Å². The monoisotopic (exact) mass is 439 g/mol. The van der Waals surface area contributed by atoms with E-state index in [2.05, 4.69) is 74.1 Å². The van der Waals surface area contributed by atoms with Crippen LogP contribution in [0, 0.1) is 0 Å². The number of hydrogen-bond donors (Lipinski definition) is 1. The highest BCUT2D eigenvalue weighted by Gasteiger charge is 2.03. The van der Waals surface area contributed by atoms with E-state index in [1.165, 1.54) is 16.0 Å². The van der Waals surface area contributed by atoms with Gasteiger partial charge in [-0.05, 0) is 47.5 Å². The smallest absolute Gasteiger partial charge is 0.178 e. The number of aromatic nitrogens is 5. The maximum atomic E-state index is 5.93. The quantitative estimate of drug-likeness (QED) is 0.335. The van der Waals surface area contributed by atoms with E-state index in [-0.39, 0.29) is 0 Å². The first-order valence-electron chi connectivity index (χ1n) is 10.3. The van der Waals surface area contributed by atoms with Crippen molar-refractivity contribution in [2.45, 2.75) is 23.7 Å². The average Bonchev–Trinajstić information content (AvgIpc) is 3.36. The number of H-pyrrole nitrogens is 1. The summed E-state index contributed by atoms with van der Waals surface area (Å²) in [5, 5.41) is 15.2. The van der Waals surface area contributed by atoms with Gasteiger partial charge in [-0.2, -0.15) is 5.21 Å². The third kappa shape index (κ3) is 5.12. The van der Waals surface area contributed by atoms with E-state index >= 15 is 0 Å². The summed E-state index contributed by atoms with van der Waals surface area (Å²) >= 11 is 1.80. The number of benzene rings is 3. The molecule has 2 aromatic heterocycles. The molecule has 158 valence electrons. The molecule has 0 aliphatic rings. The Hall–Kier alpha value is -3.71. The highest BCUT2D eigenvalue weighted by atomic mass is 32.2. The van der Waals surface area contributed by atoms with Crippen LogP contribution in [0.1, 0.15) is 22.6 Å². The molecular weight excluding hydrogens is 418 g/mol. The van der Waals surface area contributed by atoms with Crippen molar-refractivity contribution in [3.8, 4) is 5.75 Å². The third-order valence-electron chi connectivity index (χ3n) is 5.05. The Morgan fingerprint density at radius 1 is 0.812 bits per heavy atom. The minimum Gasteiger partial charge on any atom is -0.487 e. The summed E-state index contributed by atoms with van der Waals surface area (Å²) < 4.78 is 5.93. The molecule has 5 rings (SSSR count). The second-order valence-electron chi connectivity index (χ2n) is 7.37. The van der Waals surface area contributed by atoms with Crippen LogP contribution < -0.4 is 4.74 Å². The molecule has 32 heavy (non-hydrogen) atoms. The van der Waals surface area contributed by atoms with Crippen molar-refractivity contribution in [1.82, 2.24) is 25.6 Å². The topological polar surface area (TPSA) is 76.6 Å². The molecule has 0 atom stereocenters. The Morgan fingerprint density at radius 3 is 2.44 bits per heavy atom. The van der Waals surface area contributed by atoms with Crippen molar-refractivity contribution in [2.75, 3.05) is 0 Å². The van der Waals surface area contributed by atoms with Crippen LogP contribution in [0.15, 0.2) is 89.8 Å². The van der Waals surface area contributed by atoms with Crippen LogP contribution in [0.25, 0.3) is 10.9 Å². The van der Waals surface area contributed by atoms with E-state index in [9.17, 15) is 0 Å². The van der Waals surface area contributed by atoms with Gasteiger partial charge in [-0.25, -0.2) is 4.98 Å². The molecule has 0 fully saturated rings. The van der Waals surface area contributed by atoms with E-state index in [1.54, 1.807) is 11.8 Å². The molecule has 6 nitrogen and oxygen atoms in total. The van der Waals surface area contributed by atoms with Crippen LogP contribution in [-0.2, 0) is 18.8 Å². The van der Waals surface area contributed by atoms with Gasteiger partial charge < -0.3 is 4.74 Å². The number of rotatable bonds is 8. The van der Waals surface area contributed by atoms with Gasteiger partial charge in [-0.3, -0.25) is 0 Å². The van der Waals surface area contributed by atoms with Crippen molar-refractivity contribution in [1.29, 1.82) is 0 Å². The average molecular weight is 440 g/mol. The molecule has 3 aromatic carbocycles. The first kappa shape index (κ1) is 20.2. The molecule has 0 spiro atoms.